The summed E-state index contributed by atoms with van der Waals surface area (Å²) in [5.41, 5.74) is 4.09. The third-order valence-electron chi connectivity index (χ3n) is 6.63. The molecule has 2 aromatic rings. The van der Waals surface area contributed by atoms with Gasteiger partial charge in [-0.3, -0.25) is 0 Å². The number of ether oxygens (including phenoxy) is 1. The van der Waals surface area contributed by atoms with Gasteiger partial charge in [-0.1, -0.05) is 36.2 Å². The Bertz CT molecular complexity index is 1040. The number of hydrogen-bond acceptors (Lipinski definition) is 4. The Hall–Kier alpha value is -1.31. The second-order valence-corrected chi connectivity index (χ2v) is 11.6. The van der Waals surface area contributed by atoms with E-state index in [2.05, 4.69) is 34.3 Å². The smallest absolute Gasteiger partial charge is 0.211 e. The zero-order valence-electron chi connectivity index (χ0n) is 19.3. The third-order valence-corrected chi connectivity index (χ3v) is 8.54. The van der Waals surface area contributed by atoms with Crippen LogP contribution >= 0.6 is 24.0 Å². The molecular formula is C25H34Cl2N2O3S. The van der Waals surface area contributed by atoms with Gasteiger partial charge in [-0.05, 0) is 87.0 Å². The Balaban J connectivity index is 0.00000306. The fraction of sp³-hybridized carbons (Fsp3) is 0.520. The van der Waals surface area contributed by atoms with Gasteiger partial charge in [0.25, 0.3) is 0 Å². The van der Waals surface area contributed by atoms with Crippen molar-refractivity contribution in [2.75, 3.05) is 18.9 Å². The minimum absolute atomic E-state index is 0. The lowest BCUT2D eigenvalue weighted by atomic mass is 9.58. The molecule has 1 unspecified atom stereocenters. The molecule has 0 saturated heterocycles. The molecule has 2 aromatic carbocycles. The number of hydrogen-bond donors (Lipinski definition) is 2. The number of rotatable bonds is 9. The van der Waals surface area contributed by atoms with Crippen LogP contribution in [-0.2, 0) is 21.9 Å². The van der Waals surface area contributed by atoms with Gasteiger partial charge in [0.05, 0.1) is 12.4 Å². The average molecular weight is 514 g/mol. The Morgan fingerprint density at radius 2 is 1.91 bits per heavy atom. The highest BCUT2D eigenvalue weighted by atomic mass is 35.5. The van der Waals surface area contributed by atoms with E-state index in [0.29, 0.717) is 13.0 Å². The van der Waals surface area contributed by atoms with Gasteiger partial charge >= 0.3 is 0 Å². The number of halogens is 2. The van der Waals surface area contributed by atoms with Gasteiger partial charge in [0, 0.05) is 22.5 Å². The van der Waals surface area contributed by atoms with Gasteiger partial charge in [-0.25, -0.2) is 13.1 Å². The first-order chi connectivity index (χ1) is 15.3. The van der Waals surface area contributed by atoms with Crippen molar-refractivity contribution in [1.29, 1.82) is 0 Å². The summed E-state index contributed by atoms with van der Waals surface area (Å²) in [5.74, 6) is 0.872. The average Bonchev–Trinajstić information content (AvgIpc) is 2.71. The minimum atomic E-state index is -3.26. The summed E-state index contributed by atoms with van der Waals surface area (Å²) in [5, 5.41) is 4.55. The maximum Gasteiger partial charge on any atom is 0.211 e. The number of benzene rings is 2. The van der Waals surface area contributed by atoms with E-state index < -0.39 is 10.0 Å². The van der Waals surface area contributed by atoms with Gasteiger partial charge in [-0.15, -0.1) is 12.4 Å². The quantitative estimate of drug-likeness (QED) is 0.455. The fourth-order valence-electron chi connectivity index (χ4n) is 5.05. The van der Waals surface area contributed by atoms with Gasteiger partial charge < -0.3 is 10.1 Å². The summed E-state index contributed by atoms with van der Waals surface area (Å²) >= 11 is 6.15. The summed E-state index contributed by atoms with van der Waals surface area (Å²) in [7, 11) is -3.26. The zero-order valence-corrected chi connectivity index (χ0v) is 21.7. The van der Waals surface area contributed by atoms with Crippen LogP contribution in [-0.4, -0.2) is 33.4 Å². The standard InChI is InChI=1S/C25H33ClN2O3S.ClH/c1-18(2)28-32(29,30)16-4-15-31-22-10-5-19-11-14-27-24(23(19)17-22)25(12-3-13-25)20-6-8-21(26)9-7-20;/h5-10,17-18,24,27-28H,3-4,11-16H2,1-2H3;1H. The largest absolute Gasteiger partial charge is 0.494 e. The maximum absolute atomic E-state index is 12.0. The summed E-state index contributed by atoms with van der Waals surface area (Å²) in [6, 6.07) is 14.8. The predicted octanol–water partition coefficient (Wildman–Crippen LogP) is 5.17. The summed E-state index contributed by atoms with van der Waals surface area (Å²) in [6.45, 7) is 4.99. The molecule has 0 spiro atoms. The van der Waals surface area contributed by atoms with E-state index in [-0.39, 0.29) is 35.7 Å². The third kappa shape index (κ3) is 6.04. The lowest BCUT2D eigenvalue weighted by Crippen LogP contribution is -2.49. The highest BCUT2D eigenvalue weighted by Gasteiger charge is 2.47. The molecular weight excluding hydrogens is 479 g/mol. The van der Waals surface area contributed by atoms with E-state index in [9.17, 15) is 8.42 Å². The van der Waals surface area contributed by atoms with Crippen LogP contribution in [0.1, 0.15) is 62.3 Å². The van der Waals surface area contributed by atoms with Crippen molar-refractivity contribution >= 4 is 34.0 Å². The van der Waals surface area contributed by atoms with Crippen LogP contribution in [0.25, 0.3) is 0 Å². The molecule has 182 valence electrons. The molecule has 2 N–H and O–H groups in total. The first kappa shape index (κ1) is 26.3. The van der Waals surface area contributed by atoms with Crippen LogP contribution < -0.4 is 14.8 Å². The van der Waals surface area contributed by atoms with Gasteiger partial charge in [0.2, 0.25) is 10.0 Å². The van der Waals surface area contributed by atoms with E-state index in [4.69, 9.17) is 16.3 Å². The monoisotopic (exact) mass is 512 g/mol. The Labute approximate surface area is 209 Å². The predicted molar refractivity (Wildman–Crippen MR) is 137 cm³/mol. The zero-order chi connectivity index (χ0) is 22.8. The van der Waals surface area contributed by atoms with E-state index in [1.165, 1.54) is 23.1 Å². The normalized spacial score (nSPS) is 19.3. The maximum atomic E-state index is 12.0. The van der Waals surface area contributed by atoms with Crippen LogP contribution in [0.5, 0.6) is 5.75 Å². The first-order valence-corrected chi connectivity index (χ1v) is 13.6. The van der Waals surface area contributed by atoms with E-state index >= 15 is 0 Å². The first-order valence-electron chi connectivity index (χ1n) is 11.5. The second-order valence-electron chi connectivity index (χ2n) is 9.31. The molecule has 1 heterocycles. The second kappa shape index (κ2) is 11.0. The van der Waals surface area contributed by atoms with Crippen molar-refractivity contribution in [3.63, 3.8) is 0 Å². The Morgan fingerprint density at radius 1 is 1.18 bits per heavy atom. The molecule has 8 heteroatoms. The van der Waals surface area contributed by atoms with Crippen LogP contribution in [0.3, 0.4) is 0 Å². The van der Waals surface area contributed by atoms with Gasteiger partial charge in [0.15, 0.2) is 0 Å². The fourth-order valence-corrected chi connectivity index (χ4v) is 6.51. The van der Waals surface area contributed by atoms with Gasteiger partial charge in [-0.2, -0.15) is 0 Å². The van der Waals surface area contributed by atoms with Crippen molar-refractivity contribution in [2.24, 2.45) is 0 Å². The highest BCUT2D eigenvalue weighted by molar-refractivity contribution is 7.89. The molecule has 0 bridgehead atoms. The summed E-state index contributed by atoms with van der Waals surface area (Å²) < 4.78 is 32.6. The molecule has 0 aromatic heterocycles. The molecule has 1 aliphatic heterocycles. The molecule has 2 aliphatic rings. The molecule has 0 radical (unpaired) electrons. The summed E-state index contributed by atoms with van der Waals surface area (Å²) in [4.78, 5) is 0. The molecule has 0 amide bonds. The SMILES string of the molecule is CC(C)NS(=O)(=O)CCCOc1ccc2c(c1)C(C1(c3ccc(Cl)cc3)CCC1)NCC2.Cl. The van der Waals surface area contributed by atoms with Crippen molar-refractivity contribution in [1.82, 2.24) is 10.0 Å². The molecule has 4 rings (SSSR count). The minimum Gasteiger partial charge on any atom is -0.494 e. The highest BCUT2D eigenvalue weighted by Crippen LogP contribution is 2.53. The molecule has 1 atom stereocenters. The number of sulfonamides is 1. The lowest BCUT2D eigenvalue weighted by molar-refractivity contribution is 0.164. The topological polar surface area (TPSA) is 67.4 Å². The lowest BCUT2D eigenvalue weighted by Gasteiger charge is -2.50. The summed E-state index contributed by atoms with van der Waals surface area (Å²) in [6.07, 6.45) is 4.98. The number of fused-ring (bicyclic) bond motifs is 1. The van der Waals surface area contributed by atoms with Crippen molar-refractivity contribution in [2.45, 2.75) is 63.5 Å². The molecule has 5 nitrogen and oxygen atoms in total. The van der Waals surface area contributed by atoms with Crippen LogP contribution in [0.2, 0.25) is 5.02 Å². The Morgan fingerprint density at radius 3 is 2.55 bits per heavy atom. The van der Waals surface area contributed by atoms with Crippen molar-refractivity contribution in [3.8, 4) is 5.75 Å². The molecule has 1 saturated carbocycles. The van der Waals surface area contributed by atoms with Crippen LogP contribution in [0.4, 0.5) is 0 Å². The van der Waals surface area contributed by atoms with E-state index in [1.54, 1.807) is 0 Å². The van der Waals surface area contributed by atoms with Crippen molar-refractivity contribution < 1.29 is 13.2 Å². The van der Waals surface area contributed by atoms with Crippen LogP contribution in [0.15, 0.2) is 42.5 Å². The van der Waals surface area contributed by atoms with E-state index in [0.717, 1.165) is 36.6 Å². The van der Waals surface area contributed by atoms with Gasteiger partial charge in [0.1, 0.15) is 5.75 Å². The molecule has 1 aliphatic carbocycles. The molecule has 1 fully saturated rings. The number of nitrogens with one attached hydrogen (secondary N) is 2. The van der Waals surface area contributed by atoms with E-state index in [1.807, 2.05) is 32.0 Å². The Kier molecular flexibility index (Phi) is 8.73. The van der Waals surface area contributed by atoms with Crippen molar-refractivity contribution in [3.05, 3.63) is 64.2 Å². The van der Waals surface area contributed by atoms with Crippen LogP contribution in [0, 0.1) is 0 Å². The molecule has 33 heavy (non-hydrogen) atoms.